The highest BCUT2D eigenvalue weighted by molar-refractivity contribution is 5.90. The standard InChI is InChI=1S/C16H22N4/c1-3-11-17-16-18-14-10-5-4-9-13(14)15(19-16)20(2)12-7-6-8-12/h4-5,9-10,12H,3,6-8,11H2,1-2H3,(H,17,18,19). The molecule has 0 radical (unpaired) electrons. The predicted octanol–water partition coefficient (Wildman–Crippen LogP) is 3.44. The van der Waals surface area contributed by atoms with Gasteiger partial charge in [-0.3, -0.25) is 0 Å². The summed E-state index contributed by atoms with van der Waals surface area (Å²) < 4.78 is 0. The van der Waals surface area contributed by atoms with Gasteiger partial charge in [-0.15, -0.1) is 0 Å². The molecule has 1 aromatic heterocycles. The Kier molecular flexibility index (Phi) is 3.72. The van der Waals surface area contributed by atoms with Gasteiger partial charge in [-0.1, -0.05) is 19.1 Å². The third-order valence-corrected chi connectivity index (χ3v) is 4.07. The largest absolute Gasteiger partial charge is 0.356 e. The Morgan fingerprint density at radius 3 is 2.75 bits per heavy atom. The van der Waals surface area contributed by atoms with Crippen molar-refractivity contribution >= 4 is 22.7 Å². The SMILES string of the molecule is CCCNc1nc(N(C)C2CCC2)c2ccccc2n1. The minimum absolute atomic E-state index is 0.632. The van der Waals surface area contributed by atoms with E-state index in [4.69, 9.17) is 4.98 Å². The summed E-state index contributed by atoms with van der Waals surface area (Å²) in [6.07, 6.45) is 4.95. The first kappa shape index (κ1) is 13.2. The topological polar surface area (TPSA) is 41.1 Å². The Balaban J connectivity index is 2.02. The van der Waals surface area contributed by atoms with E-state index in [0.717, 1.165) is 35.6 Å². The van der Waals surface area contributed by atoms with E-state index in [1.807, 2.05) is 6.07 Å². The first-order chi connectivity index (χ1) is 9.79. The molecule has 1 aliphatic carbocycles. The molecule has 0 amide bonds. The average molecular weight is 270 g/mol. The van der Waals surface area contributed by atoms with Gasteiger partial charge < -0.3 is 10.2 Å². The number of aromatic nitrogens is 2. The number of nitrogens with one attached hydrogen (secondary N) is 1. The molecule has 20 heavy (non-hydrogen) atoms. The molecule has 1 saturated carbocycles. The summed E-state index contributed by atoms with van der Waals surface area (Å²) in [6, 6.07) is 8.90. The van der Waals surface area contributed by atoms with Crippen LogP contribution in [-0.2, 0) is 0 Å². The molecule has 3 rings (SSSR count). The van der Waals surface area contributed by atoms with Crippen LogP contribution in [0.15, 0.2) is 24.3 Å². The minimum atomic E-state index is 0.632. The number of anilines is 2. The molecule has 2 aromatic rings. The summed E-state index contributed by atoms with van der Waals surface area (Å²) in [5.74, 6) is 1.80. The van der Waals surface area contributed by atoms with E-state index in [1.54, 1.807) is 0 Å². The summed E-state index contributed by atoms with van der Waals surface area (Å²) in [5.41, 5.74) is 1.02. The smallest absolute Gasteiger partial charge is 0.225 e. The van der Waals surface area contributed by atoms with Gasteiger partial charge in [0, 0.05) is 25.0 Å². The van der Waals surface area contributed by atoms with Gasteiger partial charge in [-0.2, -0.15) is 4.98 Å². The van der Waals surface area contributed by atoms with Gasteiger partial charge in [0.05, 0.1) is 5.52 Å². The van der Waals surface area contributed by atoms with Crippen LogP contribution in [0.25, 0.3) is 10.9 Å². The first-order valence-electron chi connectivity index (χ1n) is 7.53. The van der Waals surface area contributed by atoms with Crippen molar-refractivity contribution in [2.24, 2.45) is 0 Å². The van der Waals surface area contributed by atoms with Crippen LogP contribution in [-0.4, -0.2) is 29.6 Å². The van der Waals surface area contributed by atoms with Crippen molar-refractivity contribution in [1.82, 2.24) is 9.97 Å². The highest BCUT2D eigenvalue weighted by Crippen LogP contribution is 2.31. The maximum atomic E-state index is 4.74. The summed E-state index contributed by atoms with van der Waals surface area (Å²) >= 11 is 0. The van der Waals surface area contributed by atoms with Crippen molar-refractivity contribution in [2.45, 2.75) is 38.6 Å². The Hall–Kier alpha value is -1.84. The molecule has 4 heteroatoms. The normalized spacial score (nSPS) is 15.1. The number of benzene rings is 1. The molecule has 0 spiro atoms. The zero-order valence-corrected chi connectivity index (χ0v) is 12.3. The van der Waals surface area contributed by atoms with Gasteiger partial charge >= 0.3 is 0 Å². The summed E-state index contributed by atoms with van der Waals surface area (Å²) in [7, 11) is 2.15. The molecule has 0 aliphatic heterocycles. The number of nitrogens with zero attached hydrogens (tertiary/aromatic N) is 3. The molecule has 1 heterocycles. The zero-order valence-electron chi connectivity index (χ0n) is 12.3. The summed E-state index contributed by atoms with van der Waals surface area (Å²) in [5, 5.41) is 4.45. The Morgan fingerprint density at radius 2 is 2.05 bits per heavy atom. The van der Waals surface area contributed by atoms with Gasteiger partial charge in [0.25, 0.3) is 0 Å². The highest BCUT2D eigenvalue weighted by atomic mass is 15.2. The van der Waals surface area contributed by atoms with Crippen molar-refractivity contribution in [3.8, 4) is 0 Å². The van der Waals surface area contributed by atoms with Crippen LogP contribution in [0.2, 0.25) is 0 Å². The number of rotatable bonds is 5. The van der Waals surface area contributed by atoms with Crippen molar-refractivity contribution in [1.29, 1.82) is 0 Å². The van der Waals surface area contributed by atoms with Crippen LogP contribution in [0.1, 0.15) is 32.6 Å². The van der Waals surface area contributed by atoms with Crippen LogP contribution in [0.4, 0.5) is 11.8 Å². The molecule has 0 atom stereocenters. The fourth-order valence-electron chi connectivity index (χ4n) is 2.59. The van der Waals surface area contributed by atoms with Crippen molar-refractivity contribution in [3.05, 3.63) is 24.3 Å². The number of hydrogen-bond donors (Lipinski definition) is 1. The number of fused-ring (bicyclic) bond motifs is 1. The summed E-state index contributed by atoms with van der Waals surface area (Å²) in [4.78, 5) is 11.7. The van der Waals surface area contributed by atoms with Crippen molar-refractivity contribution < 1.29 is 0 Å². The molecule has 4 nitrogen and oxygen atoms in total. The Morgan fingerprint density at radius 1 is 1.25 bits per heavy atom. The monoisotopic (exact) mass is 270 g/mol. The lowest BCUT2D eigenvalue weighted by Gasteiger charge is -2.36. The first-order valence-corrected chi connectivity index (χ1v) is 7.53. The molecule has 0 saturated heterocycles. The molecule has 1 fully saturated rings. The Bertz CT molecular complexity index is 592. The van der Waals surface area contributed by atoms with Crippen molar-refractivity contribution in [3.63, 3.8) is 0 Å². The molecule has 1 N–H and O–H groups in total. The third kappa shape index (κ3) is 2.42. The highest BCUT2D eigenvalue weighted by Gasteiger charge is 2.24. The van der Waals surface area contributed by atoms with Gasteiger partial charge in [-0.05, 0) is 37.8 Å². The molecule has 1 aromatic carbocycles. The van der Waals surface area contributed by atoms with E-state index < -0.39 is 0 Å². The van der Waals surface area contributed by atoms with E-state index in [1.165, 1.54) is 19.3 Å². The third-order valence-electron chi connectivity index (χ3n) is 4.07. The maximum absolute atomic E-state index is 4.74. The van der Waals surface area contributed by atoms with E-state index in [-0.39, 0.29) is 0 Å². The maximum Gasteiger partial charge on any atom is 0.225 e. The van der Waals surface area contributed by atoms with E-state index in [0.29, 0.717) is 6.04 Å². The van der Waals surface area contributed by atoms with Gasteiger partial charge in [0.1, 0.15) is 5.82 Å². The molecule has 0 unspecified atom stereocenters. The van der Waals surface area contributed by atoms with E-state index in [2.05, 4.69) is 47.4 Å². The lowest BCUT2D eigenvalue weighted by molar-refractivity contribution is 0.400. The van der Waals surface area contributed by atoms with Crippen LogP contribution < -0.4 is 10.2 Å². The van der Waals surface area contributed by atoms with Crippen LogP contribution in [0.3, 0.4) is 0 Å². The van der Waals surface area contributed by atoms with Gasteiger partial charge in [0.15, 0.2) is 0 Å². The quantitative estimate of drug-likeness (QED) is 0.903. The molecular weight excluding hydrogens is 248 g/mol. The minimum Gasteiger partial charge on any atom is -0.356 e. The number of hydrogen-bond acceptors (Lipinski definition) is 4. The second-order valence-electron chi connectivity index (χ2n) is 5.51. The second-order valence-corrected chi connectivity index (χ2v) is 5.51. The molecule has 1 aliphatic rings. The predicted molar refractivity (Wildman–Crippen MR) is 84.4 cm³/mol. The molecular formula is C16H22N4. The lowest BCUT2D eigenvalue weighted by Crippen LogP contribution is -2.37. The zero-order chi connectivity index (χ0) is 13.9. The van der Waals surface area contributed by atoms with E-state index in [9.17, 15) is 0 Å². The second kappa shape index (κ2) is 5.65. The molecule has 106 valence electrons. The fourth-order valence-corrected chi connectivity index (χ4v) is 2.59. The van der Waals surface area contributed by atoms with Crippen LogP contribution in [0, 0.1) is 0 Å². The lowest BCUT2D eigenvalue weighted by atomic mass is 9.92. The Labute approximate surface area is 120 Å². The van der Waals surface area contributed by atoms with Crippen LogP contribution in [0.5, 0.6) is 0 Å². The van der Waals surface area contributed by atoms with Crippen LogP contribution >= 0.6 is 0 Å². The van der Waals surface area contributed by atoms with Crippen molar-refractivity contribution in [2.75, 3.05) is 23.8 Å². The number of para-hydroxylation sites is 1. The molecule has 0 bridgehead atoms. The van der Waals surface area contributed by atoms with E-state index >= 15 is 0 Å². The fraction of sp³-hybridized carbons (Fsp3) is 0.500. The average Bonchev–Trinajstić information content (AvgIpc) is 2.42. The van der Waals surface area contributed by atoms with Gasteiger partial charge in [0.2, 0.25) is 5.95 Å². The van der Waals surface area contributed by atoms with Gasteiger partial charge in [-0.25, -0.2) is 4.98 Å². The summed E-state index contributed by atoms with van der Waals surface area (Å²) in [6.45, 7) is 3.06.